The summed E-state index contributed by atoms with van der Waals surface area (Å²) in [5.41, 5.74) is -0.729. The van der Waals surface area contributed by atoms with E-state index in [2.05, 4.69) is 32.2 Å². The molecule has 0 aromatic carbocycles. The monoisotopic (exact) mass is 706 g/mol. The van der Waals surface area contributed by atoms with Crippen LogP contribution in [0.2, 0.25) is 0 Å². The molecule has 1 saturated carbocycles. The summed E-state index contributed by atoms with van der Waals surface area (Å²) in [5.74, 6) is 0. The Labute approximate surface area is 261 Å². The second-order valence-corrected chi connectivity index (χ2v) is 16.4. The van der Waals surface area contributed by atoms with Gasteiger partial charge in [-0.2, -0.15) is 0 Å². The number of halogens is 1. The van der Waals surface area contributed by atoms with E-state index in [9.17, 15) is 24.2 Å². The zero-order chi connectivity index (χ0) is 32.0. The molecule has 45 heavy (non-hydrogen) atoms. The molecule has 7 rings (SSSR count). The molecule has 2 N–H and O–H groups in total. The molecule has 2 unspecified atom stereocenters. The molecule has 4 aromatic heterocycles. The van der Waals surface area contributed by atoms with Crippen LogP contribution in [-0.4, -0.2) is 91.5 Å². The Hall–Kier alpha value is -2.42. The highest BCUT2D eigenvalue weighted by atomic mass is 32.7. The Morgan fingerprint density at radius 1 is 0.933 bits per heavy atom. The van der Waals surface area contributed by atoms with Crippen LogP contribution in [0.25, 0.3) is 22.3 Å². The summed E-state index contributed by atoms with van der Waals surface area (Å²) in [7, 11) is 2.99. The molecule has 0 amide bonds. The predicted molar refractivity (Wildman–Crippen MR) is 158 cm³/mol. The van der Waals surface area contributed by atoms with Gasteiger partial charge < -0.3 is 33.0 Å². The number of alkyl halides is 1. The molecular formula is C22H25FN8O10P2S2. The molecule has 2 saturated heterocycles. The zero-order valence-corrected chi connectivity index (χ0v) is 26.7. The molecule has 0 radical (unpaired) electrons. The summed E-state index contributed by atoms with van der Waals surface area (Å²) in [6.07, 6.45) is -5.81. The molecule has 3 aliphatic rings. The third-order valence-corrected chi connectivity index (χ3v) is 11.1. The van der Waals surface area contributed by atoms with Gasteiger partial charge in [0.15, 0.2) is 34.7 Å². The molecule has 2 bridgehead atoms. The lowest BCUT2D eigenvalue weighted by Gasteiger charge is -2.30. The van der Waals surface area contributed by atoms with Gasteiger partial charge in [0.2, 0.25) is 0 Å². The third kappa shape index (κ3) is 5.33. The zero-order valence-electron chi connectivity index (χ0n) is 23.2. The molecule has 6 heterocycles. The molecule has 2 aliphatic heterocycles. The lowest BCUT2D eigenvalue weighted by atomic mass is 10.1. The van der Waals surface area contributed by atoms with Crippen LogP contribution < -0.4 is 11.1 Å². The number of hydrogen-bond acceptors (Lipinski definition) is 14. The van der Waals surface area contributed by atoms with E-state index in [1.54, 1.807) is 0 Å². The fourth-order valence-electron chi connectivity index (χ4n) is 5.76. The molecular weight excluding hydrogens is 681 g/mol. The number of fused-ring (bicyclic) bond motifs is 5. The quantitative estimate of drug-likeness (QED) is 0.189. The number of rotatable bonds is 2. The van der Waals surface area contributed by atoms with Crippen LogP contribution in [0, 0.1) is 0 Å². The van der Waals surface area contributed by atoms with Gasteiger partial charge in [0.25, 0.3) is 11.1 Å². The lowest BCUT2D eigenvalue weighted by molar-refractivity contribution is -0.0539. The van der Waals surface area contributed by atoms with Gasteiger partial charge in [-0.05, 0) is 11.8 Å². The molecule has 0 spiro atoms. The van der Waals surface area contributed by atoms with Crippen molar-refractivity contribution in [3.05, 3.63) is 46.0 Å². The van der Waals surface area contributed by atoms with Crippen LogP contribution in [-0.2, 0) is 53.3 Å². The topological polar surface area (TPSA) is 209 Å². The first-order chi connectivity index (χ1) is 21.2. The largest absolute Gasteiger partial charge is 0.388 e. The van der Waals surface area contributed by atoms with Crippen molar-refractivity contribution in [3.63, 3.8) is 0 Å². The molecule has 1 aliphatic carbocycles. The standard InChI is InChI=1S/C22H25FN8O10P2S2/c1-28-5-26-18-13(20(28)33)24-7-30(18)9-3-10-15(32)16(9)40-42(35,44)37-4-11-17(41-43(36,45)39-10)12(23)22(38-11)31-8-25-14-19(31)27-6-29(2)21(14)34/h5-12,15-17,22,32H,3-4H2,1-2H3,(H,35,44)(H,36,45)/t9-,10+,11-,12-,15+,16+,17-,22-,42?,43?/m1/s1. The molecule has 18 nitrogen and oxygen atoms in total. The molecule has 4 aromatic rings. The van der Waals surface area contributed by atoms with E-state index in [-0.39, 0.29) is 28.7 Å². The SMILES string of the molecule is Cn1cnc2c(ncn2[C@@H]2C[C@@H]3OP(O)(=S)O[C@H]4[C@@H](F)[C@H](n5cnc6c(=O)n(C)cnc65)O[C@@H]4COP(=O)(S)O[C@@H]2[C@H]3O)c1=O. The van der Waals surface area contributed by atoms with Gasteiger partial charge in [0, 0.05) is 20.5 Å². The van der Waals surface area contributed by atoms with Crippen molar-refractivity contribution in [3.8, 4) is 0 Å². The Kier molecular flexibility index (Phi) is 7.69. The van der Waals surface area contributed by atoms with Gasteiger partial charge in [-0.1, -0.05) is 12.2 Å². The number of ether oxygens (including phenoxy) is 1. The van der Waals surface area contributed by atoms with Crippen LogP contribution >= 0.6 is 25.8 Å². The number of hydrogen-bond donors (Lipinski definition) is 3. The Morgan fingerprint density at radius 3 is 2.18 bits per heavy atom. The minimum Gasteiger partial charge on any atom is -0.388 e. The first kappa shape index (κ1) is 31.2. The number of aliphatic hydroxyl groups is 1. The second-order valence-electron chi connectivity index (χ2n) is 10.8. The van der Waals surface area contributed by atoms with E-state index in [0.717, 1.165) is 0 Å². The van der Waals surface area contributed by atoms with Crippen molar-refractivity contribution in [2.24, 2.45) is 14.1 Å². The lowest BCUT2D eigenvalue weighted by Crippen LogP contribution is -2.37. The van der Waals surface area contributed by atoms with Gasteiger partial charge in [-0.15, -0.1) is 0 Å². The highest BCUT2D eigenvalue weighted by molar-refractivity contribution is 8.44. The molecule has 242 valence electrons. The van der Waals surface area contributed by atoms with E-state index in [4.69, 9.17) is 34.6 Å². The summed E-state index contributed by atoms with van der Waals surface area (Å²) in [6.45, 7) is -9.27. The fourth-order valence-corrected chi connectivity index (χ4v) is 9.05. The van der Waals surface area contributed by atoms with Crippen molar-refractivity contribution in [2.45, 2.75) is 55.4 Å². The van der Waals surface area contributed by atoms with Gasteiger partial charge >= 0.3 is 13.5 Å². The normalized spacial score (nSPS) is 37.5. The van der Waals surface area contributed by atoms with Crippen molar-refractivity contribution in [2.75, 3.05) is 6.61 Å². The van der Waals surface area contributed by atoms with E-state index in [1.807, 2.05) is 0 Å². The Balaban J connectivity index is 1.22. The number of thiol groups is 1. The van der Waals surface area contributed by atoms with E-state index in [0.29, 0.717) is 0 Å². The maximum absolute atomic E-state index is 16.1. The van der Waals surface area contributed by atoms with Crippen molar-refractivity contribution in [1.82, 2.24) is 38.2 Å². The van der Waals surface area contributed by atoms with Gasteiger partial charge in [0.05, 0.1) is 44.1 Å². The third-order valence-electron chi connectivity index (χ3n) is 7.94. The van der Waals surface area contributed by atoms with E-state index in [1.165, 1.54) is 57.7 Å². The van der Waals surface area contributed by atoms with Crippen LogP contribution in [0.3, 0.4) is 0 Å². The smallest absolute Gasteiger partial charge is 0.386 e. The van der Waals surface area contributed by atoms with Crippen LogP contribution in [0.15, 0.2) is 34.9 Å². The van der Waals surface area contributed by atoms with E-state index >= 15 is 4.39 Å². The van der Waals surface area contributed by atoms with Gasteiger partial charge in [0.1, 0.15) is 24.4 Å². The van der Waals surface area contributed by atoms with E-state index < -0.39 is 80.2 Å². The van der Waals surface area contributed by atoms with Crippen LogP contribution in [0.4, 0.5) is 4.39 Å². The van der Waals surface area contributed by atoms with Gasteiger partial charge in [-0.25, -0.2) is 28.9 Å². The Morgan fingerprint density at radius 2 is 1.53 bits per heavy atom. The average molecular weight is 707 g/mol. The second kappa shape index (κ2) is 11.1. The number of imidazole rings is 2. The Bertz CT molecular complexity index is 2040. The number of aromatic nitrogens is 8. The summed E-state index contributed by atoms with van der Waals surface area (Å²) in [5, 5.41) is 11.2. The maximum atomic E-state index is 16.1. The average Bonchev–Trinajstić information content (AvgIpc) is 3.73. The number of nitrogens with zero attached hydrogens (tertiary/aromatic N) is 8. The summed E-state index contributed by atoms with van der Waals surface area (Å²) in [4.78, 5) is 52.7. The molecule has 23 heteroatoms. The first-order valence-corrected chi connectivity index (χ1v) is 18.6. The fraction of sp³-hybridized carbons (Fsp3) is 0.545. The minimum atomic E-state index is -4.33. The van der Waals surface area contributed by atoms with Crippen LogP contribution in [0.5, 0.6) is 0 Å². The summed E-state index contributed by atoms with van der Waals surface area (Å²) < 4.78 is 63.1. The maximum Gasteiger partial charge on any atom is 0.386 e. The summed E-state index contributed by atoms with van der Waals surface area (Å²) >= 11 is 9.32. The molecule has 3 fully saturated rings. The van der Waals surface area contributed by atoms with Gasteiger partial charge in [-0.3, -0.25) is 27.7 Å². The van der Waals surface area contributed by atoms with Crippen molar-refractivity contribution < 1.29 is 41.8 Å². The number of aliphatic hydroxyl groups excluding tert-OH is 1. The predicted octanol–water partition coefficient (Wildman–Crippen LogP) is 0.255. The number of aryl methyl sites for hydroxylation is 2. The van der Waals surface area contributed by atoms with Crippen molar-refractivity contribution in [1.29, 1.82) is 0 Å². The first-order valence-electron chi connectivity index (χ1n) is 13.3. The molecule has 10 atom stereocenters. The highest BCUT2D eigenvalue weighted by Gasteiger charge is 2.54. The summed E-state index contributed by atoms with van der Waals surface area (Å²) in [6, 6.07) is -0.904. The highest BCUT2D eigenvalue weighted by Crippen LogP contribution is 2.60. The minimum absolute atomic E-state index is 0.0257. The van der Waals surface area contributed by atoms with Crippen molar-refractivity contribution >= 4 is 59.9 Å². The van der Waals surface area contributed by atoms with Crippen LogP contribution in [0.1, 0.15) is 18.7 Å².